The summed E-state index contributed by atoms with van der Waals surface area (Å²) in [6.45, 7) is 8.98. The number of aromatic nitrogens is 1. The van der Waals surface area contributed by atoms with Crippen LogP contribution < -0.4 is 5.32 Å². The minimum atomic E-state index is -3.63. The van der Waals surface area contributed by atoms with Gasteiger partial charge in [0.25, 0.3) is 5.91 Å². The van der Waals surface area contributed by atoms with E-state index in [1.165, 1.54) is 11.3 Å². The maximum absolute atomic E-state index is 13.3. The molecule has 1 aromatic heterocycles. The molecular formula is C23H28BrN3O3S2. The number of fused-ring (bicyclic) bond motifs is 1. The molecule has 0 saturated heterocycles. The molecule has 3 aromatic rings. The van der Waals surface area contributed by atoms with E-state index in [9.17, 15) is 13.2 Å². The fraction of sp³-hybridized carbons (Fsp3) is 0.391. The van der Waals surface area contributed by atoms with Crippen molar-refractivity contribution in [3.63, 3.8) is 0 Å². The molecular weight excluding hydrogens is 510 g/mol. The highest BCUT2D eigenvalue weighted by atomic mass is 79.9. The van der Waals surface area contributed by atoms with E-state index in [0.717, 1.165) is 10.9 Å². The molecule has 32 heavy (non-hydrogen) atoms. The SMILES string of the molecule is CC(C)CN(CC(C)C)S(=O)(=O)c1ccc2nc(NC(=O)c3ccc(CBr)cc3)sc2c1. The van der Waals surface area contributed by atoms with E-state index >= 15 is 0 Å². The van der Waals surface area contributed by atoms with E-state index < -0.39 is 10.0 Å². The molecule has 0 spiro atoms. The Morgan fingerprint density at radius 2 is 1.69 bits per heavy atom. The third kappa shape index (κ3) is 5.95. The summed E-state index contributed by atoms with van der Waals surface area (Å²) in [5, 5.41) is 3.98. The lowest BCUT2D eigenvalue weighted by molar-refractivity contribution is 0.102. The van der Waals surface area contributed by atoms with Crippen molar-refractivity contribution in [2.75, 3.05) is 18.4 Å². The first-order valence-corrected chi connectivity index (χ1v) is 13.8. The molecule has 0 fully saturated rings. The summed E-state index contributed by atoms with van der Waals surface area (Å²) in [4.78, 5) is 17.2. The van der Waals surface area contributed by atoms with Crippen LogP contribution >= 0.6 is 27.3 Å². The summed E-state index contributed by atoms with van der Waals surface area (Å²) in [5.41, 5.74) is 2.27. The largest absolute Gasteiger partial charge is 0.298 e. The number of thiazole rings is 1. The van der Waals surface area contributed by atoms with E-state index in [4.69, 9.17) is 0 Å². The minimum absolute atomic E-state index is 0.223. The van der Waals surface area contributed by atoms with Crippen LogP contribution in [0.2, 0.25) is 0 Å². The molecule has 0 aliphatic heterocycles. The quantitative estimate of drug-likeness (QED) is 0.352. The van der Waals surface area contributed by atoms with Crippen LogP contribution in [0.3, 0.4) is 0 Å². The number of amides is 1. The molecule has 172 valence electrons. The van der Waals surface area contributed by atoms with Crippen molar-refractivity contribution in [1.82, 2.24) is 9.29 Å². The van der Waals surface area contributed by atoms with Gasteiger partial charge in [-0.05, 0) is 47.7 Å². The van der Waals surface area contributed by atoms with Crippen molar-refractivity contribution in [2.45, 2.75) is 37.9 Å². The Bertz CT molecular complexity index is 1180. The second-order valence-corrected chi connectivity index (χ2v) is 12.1. The minimum Gasteiger partial charge on any atom is -0.298 e. The maximum Gasteiger partial charge on any atom is 0.257 e. The first-order chi connectivity index (χ1) is 15.1. The van der Waals surface area contributed by atoms with Crippen LogP contribution in [0.5, 0.6) is 0 Å². The van der Waals surface area contributed by atoms with Gasteiger partial charge < -0.3 is 0 Å². The van der Waals surface area contributed by atoms with Crippen molar-refractivity contribution < 1.29 is 13.2 Å². The molecule has 0 bridgehead atoms. The molecule has 1 amide bonds. The van der Waals surface area contributed by atoms with E-state index in [-0.39, 0.29) is 22.6 Å². The van der Waals surface area contributed by atoms with E-state index in [2.05, 4.69) is 26.2 Å². The van der Waals surface area contributed by atoms with Crippen molar-refractivity contribution in [1.29, 1.82) is 0 Å². The van der Waals surface area contributed by atoms with Gasteiger partial charge in [-0.15, -0.1) is 0 Å². The lowest BCUT2D eigenvalue weighted by atomic mass is 10.1. The highest BCUT2D eigenvalue weighted by molar-refractivity contribution is 9.08. The lowest BCUT2D eigenvalue weighted by Crippen LogP contribution is -2.37. The fourth-order valence-electron chi connectivity index (χ4n) is 3.27. The van der Waals surface area contributed by atoms with Gasteiger partial charge in [0.1, 0.15) is 0 Å². The maximum atomic E-state index is 13.3. The number of benzene rings is 2. The van der Waals surface area contributed by atoms with Gasteiger partial charge in [-0.1, -0.05) is 67.1 Å². The number of carbonyl (C=O) groups excluding carboxylic acids is 1. The fourth-order valence-corrected chi connectivity index (χ4v) is 6.41. The van der Waals surface area contributed by atoms with E-state index in [1.54, 1.807) is 34.6 Å². The van der Waals surface area contributed by atoms with Crippen LogP contribution in [0.4, 0.5) is 5.13 Å². The molecule has 9 heteroatoms. The topological polar surface area (TPSA) is 79.4 Å². The zero-order valence-electron chi connectivity index (χ0n) is 18.6. The van der Waals surface area contributed by atoms with Crippen LogP contribution in [-0.4, -0.2) is 36.7 Å². The summed E-state index contributed by atoms with van der Waals surface area (Å²) in [7, 11) is -3.63. The number of carbonyl (C=O) groups is 1. The molecule has 1 heterocycles. The first kappa shape index (κ1) is 24.8. The molecule has 1 N–H and O–H groups in total. The monoisotopic (exact) mass is 537 g/mol. The summed E-state index contributed by atoms with van der Waals surface area (Å²) in [5.74, 6) is 0.195. The Morgan fingerprint density at radius 3 is 2.25 bits per heavy atom. The van der Waals surface area contributed by atoms with Gasteiger partial charge in [0.2, 0.25) is 10.0 Å². The van der Waals surface area contributed by atoms with Gasteiger partial charge >= 0.3 is 0 Å². The summed E-state index contributed by atoms with van der Waals surface area (Å²) >= 11 is 4.65. The molecule has 0 atom stereocenters. The molecule has 3 rings (SSSR count). The zero-order valence-corrected chi connectivity index (χ0v) is 21.9. The standard InChI is InChI=1S/C23H28BrN3O3S2/c1-15(2)13-27(14-16(3)4)32(29,30)19-9-10-20-21(11-19)31-23(25-20)26-22(28)18-7-5-17(12-24)6-8-18/h5-11,15-16H,12-14H2,1-4H3,(H,25,26,28). The Labute approximate surface area is 202 Å². The summed E-state index contributed by atoms with van der Waals surface area (Å²) in [6, 6.07) is 12.2. The lowest BCUT2D eigenvalue weighted by Gasteiger charge is -2.25. The number of rotatable bonds is 9. The summed E-state index contributed by atoms with van der Waals surface area (Å²) < 4.78 is 28.9. The molecule has 0 saturated carbocycles. The van der Waals surface area contributed by atoms with Gasteiger partial charge in [0.05, 0.1) is 15.1 Å². The van der Waals surface area contributed by atoms with Crippen molar-refractivity contribution in [3.8, 4) is 0 Å². The second kappa shape index (κ2) is 10.4. The van der Waals surface area contributed by atoms with Gasteiger partial charge in [-0.2, -0.15) is 4.31 Å². The smallest absolute Gasteiger partial charge is 0.257 e. The second-order valence-electron chi connectivity index (χ2n) is 8.54. The number of halogens is 1. The van der Waals surface area contributed by atoms with Gasteiger partial charge in [-0.3, -0.25) is 10.1 Å². The van der Waals surface area contributed by atoms with Crippen molar-refractivity contribution in [2.24, 2.45) is 11.8 Å². The number of nitrogens with zero attached hydrogens (tertiary/aromatic N) is 2. The highest BCUT2D eigenvalue weighted by Crippen LogP contribution is 2.30. The Kier molecular flexibility index (Phi) is 8.08. The van der Waals surface area contributed by atoms with Crippen LogP contribution in [0, 0.1) is 11.8 Å². The average Bonchev–Trinajstić information content (AvgIpc) is 3.14. The predicted molar refractivity (Wildman–Crippen MR) is 135 cm³/mol. The van der Waals surface area contributed by atoms with Gasteiger partial charge in [0, 0.05) is 24.0 Å². The molecule has 6 nitrogen and oxygen atoms in total. The Balaban J connectivity index is 1.85. The average molecular weight is 539 g/mol. The molecule has 0 unspecified atom stereocenters. The Morgan fingerprint density at radius 1 is 1.06 bits per heavy atom. The molecule has 0 radical (unpaired) electrons. The van der Waals surface area contributed by atoms with Gasteiger partial charge in [-0.25, -0.2) is 13.4 Å². The first-order valence-electron chi connectivity index (χ1n) is 10.5. The predicted octanol–water partition coefficient (Wildman–Crippen LogP) is 5.75. The number of hydrogen-bond donors (Lipinski definition) is 1. The molecule has 0 aliphatic rings. The van der Waals surface area contributed by atoms with Crippen molar-refractivity contribution in [3.05, 3.63) is 53.6 Å². The number of alkyl halides is 1. The van der Waals surface area contributed by atoms with Crippen LogP contribution in [-0.2, 0) is 15.4 Å². The zero-order chi connectivity index (χ0) is 23.5. The number of sulfonamides is 1. The molecule has 2 aromatic carbocycles. The number of hydrogen-bond acceptors (Lipinski definition) is 5. The normalized spacial score (nSPS) is 12.2. The van der Waals surface area contributed by atoms with Crippen LogP contribution in [0.25, 0.3) is 10.2 Å². The Hall–Kier alpha value is -1.81. The van der Waals surface area contributed by atoms with E-state index in [1.807, 2.05) is 39.8 Å². The van der Waals surface area contributed by atoms with Crippen LogP contribution in [0.1, 0.15) is 43.6 Å². The van der Waals surface area contributed by atoms with E-state index in [0.29, 0.717) is 34.0 Å². The third-order valence-corrected chi connectivity index (χ3v) is 8.13. The summed E-state index contributed by atoms with van der Waals surface area (Å²) in [6.07, 6.45) is 0. The molecule has 0 aliphatic carbocycles. The van der Waals surface area contributed by atoms with Gasteiger partial charge in [0.15, 0.2) is 5.13 Å². The highest BCUT2D eigenvalue weighted by Gasteiger charge is 2.26. The third-order valence-electron chi connectivity index (χ3n) is 4.73. The number of anilines is 1. The van der Waals surface area contributed by atoms with Crippen LogP contribution in [0.15, 0.2) is 47.4 Å². The van der Waals surface area contributed by atoms with Crippen molar-refractivity contribution >= 4 is 58.5 Å². The number of nitrogens with one attached hydrogen (secondary N) is 1.